The molecule has 3 heterocycles. The lowest BCUT2D eigenvalue weighted by atomic mass is 10.1. The molecule has 0 fully saturated rings. The molecule has 1 amide bonds. The van der Waals surface area contributed by atoms with Gasteiger partial charge in [-0.1, -0.05) is 24.3 Å². The second-order valence-electron chi connectivity index (χ2n) is 6.20. The molecule has 0 bridgehead atoms. The summed E-state index contributed by atoms with van der Waals surface area (Å²) in [5, 5.41) is 10.6. The summed E-state index contributed by atoms with van der Waals surface area (Å²) in [4.78, 5) is 17.2. The summed E-state index contributed by atoms with van der Waals surface area (Å²) in [6, 6.07) is 12.3. The van der Waals surface area contributed by atoms with Gasteiger partial charge in [-0.25, -0.2) is 4.79 Å². The number of carboxylic acid groups (broad SMARTS) is 1. The standard InChI is InChI=1S/C19H19N3O2/c23-19(24)21-10-4-8-18-16(13-21)15-6-1-2-7-17(15)22(18)12-14-5-3-9-20-11-14/h1-3,5-7,9,11H,4,8,10,12-13H2,(H,23,24). The number of nitrogens with zero attached hydrogens (tertiary/aromatic N) is 3. The summed E-state index contributed by atoms with van der Waals surface area (Å²) in [5.74, 6) is 0. The number of pyridine rings is 1. The molecule has 4 rings (SSSR count). The molecule has 122 valence electrons. The predicted molar refractivity (Wildman–Crippen MR) is 92.0 cm³/mol. The molecular formula is C19H19N3O2. The van der Waals surface area contributed by atoms with E-state index in [0.29, 0.717) is 13.1 Å². The van der Waals surface area contributed by atoms with Gasteiger partial charge in [-0.2, -0.15) is 0 Å². The number of carbonyl (C=O) groups is 1. The van der Waals surface area contributed by atoms with Gasteiger partial charge in [0.15, 0.2) is 0 Å². The highest BCUT2D eigenvalue weighted by atomic mass is 16.4. The number of aromatic nitrogens is 2. The van der Waals surface area contributed by atoms with E-state index in [1.165, 1.54) is 16.1 Å². The number of fused-ring (bicyclic) bond motifs is 3. The van der Waals surface area contributed by atoms with E-state index in [2.05, 4.69) is 27.8 Å². The van der Waals surface area contributed by atoms with Gasteiger partial charge >= 0.3 is 6.09 Å². The van der Waals surface area contributed by atoms with Crippen LogP contribution in [0.15, 0.2) is 48.8 Å². The molecule has 0 saturated heterocycles. The van der Waals surface area contributed by atoms with Crippen LogP contribution in [0.25, 0.3) is 10.9 Å². The molecule has 0 aliphatic carbocycles. The Kier molecular flexibility index (Phi) is 3.69. The Morgan fingerprint density at radius 3 is 2.88 bits per heavy atom. The van der Waals surface area contributed by atoms with E-state index < -0.39 is 6.09 Å². The van der Waals surface area contributed by atoms with Crippen LogP contribution in [0.4, 0.5) is 4.79 Å². The lowest BCUT2D eigenvalue weighted by Gasteiger charge is -2.16. The maximum Gasteiger partial charge on any atom is 0.407 e. The molecule has 1 aliphatic heterocycles. The Bertz CT molecular complexity index is 886. The normalized spacial score (nSPS) is 14.4. The molecule has 0 saturated carbocycles. The number of amides is 1. The lowest BCUT2D eigenvalue weighted by Crippen LogP contribution is -2.28. The SMILES string of the molecule is O=C(O)N1CCCc2c(c3ccccc3n2Cc2cccnc2)C1. The minimum absolute atomic E-state index is 0.464. The van der Waals surface area contributed by atoms with E-state index in [-0.39, 0.29) is 0 Å². The molecular weight excluding hydrogens is 302 g/mol. The fourth-order valence-electron chi connectivity index (χ4n) is 3.62. The highest BCUT2D eigenvalue weighted by molar-refractivity contribution is 5.86. The smallest absolute Gasteiger partial charge is 0.407 e. The fourth-order valence-corrected chi connectivity index (χ4v) is 3.62. The van der Waals surface area contributed by atoms with Crippen molar-refractivity contribution < 1.29 is 9.90 Å². The molecule has 1 aliphatic rings. The van der Waals surface area contributed by atoms with Gasteiger partial charge in [0.2, 0.25) is 0 Å². The van der Waals surface area contributed by atoms with Crippen molar-refractivity contribution in [1.82, 2.24) is 14.5 Å². The van der Waals surface area contributed by atoms with Crippen LogP contribution in [0, 0.1) is 0 Å². The van der Waals surface area contributed by atoms with Crippen LogP contribution >= 0.6 is 0 Å². The molecule has 1 N–H and O–H groups in total. The molecule has 5 heteroatoms. The molecule has 0 atom stereocenters. The van der Waals surface area contributed by atoms with E-state index in [1.807, 2.05) is 24.4 Å². The molecule has 0 radical (unpaired) electrons. The fraction of sp³-hybridized carbons (Fsp3) is 0.263. The van der Waals surface area contributed by atoms with E-state index in [4.69, 9.17) is 0 Å². The predicted octanol–water partition coefficient (Wildman–Crippen LogP) is 3.51. The topological polar surface area (TPSA) is 58.4 Å². The highest BCUT2D eigenvalue weighted by Crippen LogP contribution is 2.31. The van der Waals surface area contributed by atoms with Gasteiger partial charge in [0, 0.05) is 47.6 Å². The average molecular weight is 321 g/mol. The van der Waals surface area contributed by atoms with Gasteiger partial charge in [-0.05, 0) is 30.5 Å². The second kappa shape index (κ2) is 6.00. The van der Waals surface area contributed by atoms with Crippen LogP contribution in [0.5, 0.6) is 0 Å². The molecule has 24 heavy (non-hydrogen) atoms. The first-order valence-electron chi connectivity index (χ1n) is 8.20. The lowest BCUT2D eigenvalue weighted by molar-refractivity contribution is 0.143. The van der Waals surface area contributed by atoms with Crippen molar-refractivity contribution in [1.29, 1.82) is 0 Å². The Hall–Kier alpha value is -2.82. The Morgan fingerprint density at radius 2 is 2.08 bits per heavy atom. The van der Waals surface area contributed by atoms with Gasteiger partial charge in [0.05, 0.1) is 6.54 Å². The van der Waals surface area contributed by atoms with E-state index in [1.54, 1.807) is 6.20 Å². The zero-order valence-corrected chi connectivity index (χ0v) is 13.4. The van der Waals surface area contributed by atoms with E-state index in [9.17, 15) is 9.90 Å². The van der Waals surface area contributed by atoms with E-state index in [0.717, 1.165) is 35.9 Å². The summed E-state index contributed by atoms with van der Waals surface area (Å²) < 4.78 is 2.33. The van der Waals surface area contributed by atoms with Gasteiger partial charge in [-0.3, -0.25) is 4.98 Å². The number of benzene rings is 1. The number of para-hydroxylation sites is 1. The van der Waals surface area contributed by atoms with Gasteiger partial charge in [0.1, 0.15) is 0 Å². The van der Waals surface area contributed by atoms with E-state index >= 15 is 0 Å². The summed E-state index contributed by atoms with van der Waals surface area (Å²) in [6.45, 7) is 1.81. The van der Waals surface area contributed by atoms with Crippen LogP contribution in [0.1, 0.15) is 23.2 Å². The Morgan fingerprint density at radius 1 is 1.21 bits per heavy atom. The summed E-state index contributed by atoms with van der Waals surface area (Å²) in [6.07, 6.45) is 4.58. The first-order chi connectivity index (χ1) is 11.7. The second-order valence-corrected chi connectivity index (χ2v) is 6.20. The first kappa shape index (κ1) is 14.8. The first-order valence-corrected chi connectivity index (χ1v) is 8.20. The number of hydrogen-bond acceptors (Lipinski definition) is 2. The van der Waals surface area contributed by atoms with Crippen molar-refractivity contribution in [3.05, 3.63) is 65.6 Å². The van der Waals surface area contributed by atoms with Crippen LogP contribution in [-0.2, 0) is 19.5 Å². The molecule has 5 nitrogen and oxygen atoms in total. The van der Waals surface area contributed by atoms with Crippen LogP contribution in [0.3, 0.4) is 0 Å². The zero-order chi connectivity index (χ0) is 16.5. The number of hydrogen-bond donors (Lipinski definition) is 1. The highest BCUT2D eigenvalue weighted by Gasteiger charge is 2.24. The van der Waals surface area contributed by atoms with Crippen molar-refractivity contribution in [2.24, 2.45) is 0 Å². The maximum absolute atomic E-state index is 11.5. The largest absolute Gasteiger partial charge is 0.465 e. The van der Waals surface area contributed by atoms with Crippen molar-refractivity contribution in [2.75, 3.05) is 6.54 Å². The van der Waals surface area contributed by atoms with Gasteiger partial charge < -0.3 is 14.6 Å². The molecule has 1 aromatic carbocycles. The van der Waals surface area contributed by atoms with Gasteiger partial charge in [0.25, 0.3) is 0 Å². The third-order valence-electron chi connectivity index (χ3n) is 4.72. The van der Waals surface area contributed by atoms with Crippen molar-refractivity contribution in [3.63, 3.8) is 0 Å². The number of rotatable bonds is 2. The Balaban J connectivity index is 1.85. The minimum atomic E-state index is -0.841. The van der Waals surface area contributed by atoms with Crippen LogP contribution < -0.4 is 0 Å². The monoisotopic (exact) mass is 321 g/mol. The molecule has 0 unspecified atom stereocenters. The third-order valence-corrected chi connectivity index (χ3v) is 4.72. The average Bonchev–Trinajstić information content (AvgIpc) is 2.76. The molecule has 0 spiro atoms. The summed E-state index contributed by atoms with van der Waals surface area (Å²) in [5.41, 5.74) is 4.72. The van der Waals surface area contributed by atoms with Crippen LogP contribution in [-0.4, -0.2) is 32.2 Å². The van der Waals surface area contributed by atoms with Crippen molar-refractivity contribution >= 4 is 17.0 Å². The minimum Gasteiger partial charge on any atom is -0.465 e. The van der Waals surface area contributed by atoms with Crippen LogP contribution in [0.2, 0.25) is 0 Å². The summed E-state index contributed by atoms with van der Waals surface area (Å²) in [7, 11) is 0. The molecule has 3 aromatic rings. The van der Waals surface area contributed by atoms with Crippen molar-refractivity contribution in [3.8, 4) is 0 Å². The van der Waals surface area contributed by atoms with Crippen molar-refractivity contribution in [2.45, 2.75) is 25.9 Å². The summed E-state index contributed by atoms with van der Waals surface area (Å²) >= 11 is 0. The quantitative estimate of drug-likeness (QED) is 0.786. The molecule has 2 aromatic heterocycles. The maximum atomic E-state index is 11.5. The zero-order valence-electron chi connectivity index (χ0n) is 13.4. The third kappa shape index (κ3) is 2.52. The Labute approximate surface area is 140 Å². The van der Waals surface area contributed by atoms with Gasteiger partial charge in [-0.15, -0.1) is 0 Å².